The number of non-ortho nitro benzene ring substituents is 1. The Kier molecular flexibility index (Phi) is 3.92. The van der Waals surface area contributed by atoms with Crippen molar-refractivity contribution in [2.45, 2.75) is 20.3 Å². The number of ketones is 1. The number of aryl methyl sites for hydroxylation is 1. The zero-order chi connectivity index (χ0) is 13.0. The molecule has 0 aliphatic rings. The molecule has 0 heterocycles. The van der Waals surface area contributed by atoms with Gasteiger partial charge >= 0.3 is 0 Å². The lowest BCUT2D eigenvalue weighted by molar-refractivity contribution is -0.384. The zero-order valence-electron chi connectivity index (χ0n) is 9.52. The second-order valence-corrected chi connectivity index (χ2v) is 3.68. The van der Waals surface area contributed by atoms with Gasteiger partial charge in [-0.15, -0.1) is 0 Å². The first kappa shape index (κ1) is 12.8. The average Bonchev–Trinajstić information content (AvgIpc) is 2.19. The summed E-state index contributed by atoms with van der Waals surface area (Å²) in [6, 6.07) is 4.12. The lowest BCUT2D eigenvalue weighted by atomic mass is 10.1. The molecule has 1 N–H and O–H groups in total. The molecule has 0 unspecified atom stereocenters. The quantitative estimate of drug-likeness (QED) is 0.490. The third kappa shape index (κ3) is 3.67. The van der Waals surface area contributed by atoms with Gasteiger partial charge in [-0.05, 0) is 25.5 Å². The fourth-order valence-electron chi connectivity index (χ4n) is 1.32. The first-order valence-corrected chi connectivity index (χ1v) is 4.94. The van der Waals surface area contributed by atoms with E-state index in [1.165, 1.54) is 25.1 Å². The number of nitro groups is 1. The maximum absolute atomic E-state index is 11.3. The summed E-state index contributed by atoms with van der Waals surface area (Å²) < 4.78 is 0. The van der Waals surface area contributed by atoms with Crippen LogP contribution in [-0.2, 0) is 9.59 Å². The molecular formula is C11H12N2O4. The highest BCUT2D eigenvalue weighted by atomic mass is 16.6. The SMILES string of the molecule is CC(=O)CC(=O)Nc1ccc([N+](=O)[O-])cc1C. The molecule has 6 nitrogen and oxygen atoms in total. The summed E-state index contributed by atoms with van der Waals surface area (Å²) in [6.45, 7) is 2.97. The molecule has 0 atom stereocenters. The second-order valence-electron chi connectivity index (χ2n) is 3.68. The van der Waals surface area contributed by atoms with Gasteiger partial charge in [-0.3, -0.25) is 19.7 Å². The number of benzene rings is 1. The van der Waals surface area contributed by atoms with E-state index in [9.17, 15) is 19.7 Å². The van der Waals surface area contributed by atoms with Crippen LogP contribution in [0.25, 0.3) is 0 Å². The van der Waals surface area contributed by atoms with E-state index in [1.807, 2.05) is 0 Å². The van der Waals surface area contributed by atoms with Crippen molar-refractivity contribution < 1.29 is 14.5 Å². The van der Waals surface area contributed by atoms with E-state index in [-0.39, 0.29) is 17.9 Å². The molecule has 17 heavy (non-hydrogen) atoms. The number of anilines is 1. The van der Waals surface area contributed by atoms with Crippen molar-refractivity contribution in [3.8, 4) is 0 Å². The number of hydrogen-bond acceptors (Lipinski definition) is 4. The second kappa shape index (κ2) is 5.20. The molecule has 0 aliphatic carbocycles. The zero-order valence-corrected chi connectivity index (χ0v) is 9.52. The largest absolute Gasteiger partial charge is 0.325 e. The molecule has 0 saturated carbocycles. The minimum absolute atomic E-state index is 0.0351. The summed E-state index contributed by atoms with van der Waals surface area (Å²) in [4.78, 5) is 32.1. The number of nitrogens with zero attached hydrogens (tertiary/aromatic N) is 1. The minimum atomic E-state index is -0.506. The van der Waals surface area contributed by atoms with Gasteiger partial charge in [-0.25, -0.2) is 0 Å². The number of nitro benzene ring substituents is 1. The van der Waals surface area contributed by atoms with Gasteiger partial charge in [-0.1, -0.05) is 0 Å². The molecule has 90 valence electrons. The maximum atomic E-state index is 11.3. The monoisotopic (exact) mass is 236 g/mol. The van der Waals surface area contributed by atoms with E-state index in [0.717, 1.165) is 0 Å². The van der Waals surface area contributed by atoms with Crippen LogP contribution in [0.2, 0.25) is 0 Å². The van der Waals surface area contributed by atoms with Crippen molar-refractivity contribution in [1.29, 1.82) is 0 Å². The molecule has 0 saturated heterocycles. The summed E-state index contributed by atoms with van der Waals surface area (Å²) in [6.07, 6.45) is -0.198. The Labute approximate surface area is 97.8 Å². The highest BCUT2D eigenvalue weighted by Gasteiger charge is 2.11. The molecule has 1 aromatic carbocycles. The van der Waals surface area contributed by atoms with Gasteiger partial charge in [0.25, 0.3) is 5.69 Å². The Balaban J connectivity index is 2.83. The lowest BCUT2D eigenvalue weighted by Crippen LogP contribution is -2.15. The number of nitrogens with one attached hydrogen (secondary N) is 1. The molecule has 0 fully saturated rings. The normalized spacial score (nSPS) is 9.76. The molecule has 0 aliphatic heterocycles. The Bertz CT molecular complexity index is 482. The molecule has 0 aromatic heterocycles. The van der Waals surface area contributed by atoms with Crippen molar-refractivity contribution >= 4 is 23.1 Å². The number of Topliss-reactive ketones (excluding diaryl/α,β-unsaturated/α-hetero) is 1. The van der Waals surface area contributed by atoms with E-state index in [1.54, 1.807) is 6.92 Å². The molecule has 6 heteroatoms. The predicted molar refractivity (Wildman–Crippen MR) is 61.8 cm³/mol. The van der Waals surface area contributed by atoms with Crippen LogP contribution < -0.4 is 5.32 Å². The smallest absolute Gasteiger partial charge is 0.269 e. The number of rotatable bonds is 4. The van der Waals surface area contributed by atoms with Crippen LogP contribution in [0.1, 0.15) is 18.9 Å². The summed E-state index contributed by atoms with van der Waals surface area (Å²) in [5.74, 6) is -0.656. The van der Waals surface area contributed by atoms with Crippen molar-refractivity contribution in [3.05, 3.63) is 33.9 Å². The van der Waals surface area contributed by atoms with Crippen molar-refractivity contribution in [2.24, 2.45) is 0 Å². The first-order chi connectivity index (χ1) is 7.90. The van der Waals surface area contributed by atoms with Gasteiger partial charge in [0.15, 0.2) is 0 Å². The molecule has 0 radical (unpaired) electrons. The van der Waals surface area contributed by atoms with Crippen LogP contribution >= 0.6 is 0 Å². The van der Waals surface area contributed by atoms with Gasteiger partial charge in [0.1, 0.15) is 5.78 Å². The highest BCUT2D eigenvalue weighted by molar-refractivity contribution is 6.03. The Hall–Kier alpha value is -2.24. The summed E-state index contributed by atoms with van der Waals surface area (Å²) >= 11 is 0. The van der Waals surface area contributed by atoms with Crippen LogP contribution in [0.5, 0.6) is 0 Å². The third-order valence-corrected chi connectivity index (χ3v) is 2.10. The van der Waals surface area contributed by atoms with Crippen LogP contribution in [-0.4, -0.2) is 16.6 Å². The predicted octanol–water partition coefficient (Wildman–Crippen LogP) is 1.82. The Morgan fingerprint density at radius 1 is 1.41 bits per heavy atom. The van der Waals surface area contributed by atoms with Gasteiger partial charge in [-0.2, -0.15) is 0 Å². The van der Waals surface area contributed by atoms with Crippen molar-refractivity contribution in [2.75, 3.05) is 5.32 Å². The maximum Gasteiger partial charge on any atom is 0.269 e. The number of hydrogen-bond donors (Lipinski definition) is 1. The molecule has 0 spiro atoms. The van der Waals surface area contributed by atoms with E-state index < -0.39 is 10.8 Å². The van der Waals surface area contributed by atoms with E-state index >= 15 is 0 Å². The molecular weight excluding hydrogens is 224 g/mol. The van der Waals surface area contributed by atoms with Gasteiger partial charge in [0, 0.05) is 17.8 Å². The third-order valence-electron chi connectivity index (χ3n) is 2.10. The Morgan fingerprint density at radius 2 is 2.06 bits per heavy atom. The molecule has 1 amide bonds. The lowest BCUT2D eigenvalue weighted by Gasteiger charge is -2.06. The van der Waals surface area contributed by atoms with Crippen LogP contribution in [0, 0.1) is 17.0 Å². The van der Waals surface area contributed by atoms with Gasteiger partial charge < -0.3 is 5.32 Å². The fraction of sp³-hybridized carbons (Fsp3) is 0.273. The summed E-state index contributed by atoms with van der Waals surface area (Å²) in [5.41, 5.74) is 1.02. The highest BCUT2D eigenvalue weighted by Crippen LogP contribution is 2.21. The van der Waals surface area contributed by atoms with Crippen molar-refractivity contribution in [1.82, 2.24) is 0 Å². The molecule has 0 bridgehead atoms. The van der Waals surface area contributed by atoms with Crippen molar-refractivity contribution in [3.63, 3.8) is 0 Å². The molecule has 1 aromatic rings. The van der Waals surface area contributed by atoms with Gasteiger partial charge in [0.05, 0.1) is 11.3 Å². The standard InChI is InChI=1S/C11H12N2O4/c1-7-5-9(13(16)17)3-4-10(7)12-11(15)6-8(2)14/h3-5H,6H2,1-2H3,(H,12,15). The van der Waals surface area contributed by atoms with Crippen LogP contribution in [0.4, 0.5) is 11.4 Å². The van der Waals surface area contributed by atoms with E-state index in [2.05, 4.69) is 5.32 Å². The average molecular weight is 236 g/mol. The fourth-order valence-corrected chi connectivity index (χ4v) is 1.32. The van der Waals surface area contributed by atoms with Crippen LogP contribution in [0.3, 0.4) is 0 Å². The number of amides is 1. The Morgan fingerprint density at radius 3 is 2.53 bits per heavy atom. The van der Waals surface area contributed by atoms with E-state index in [0.29, 0.717) is 11.3 Å². The molecule has 1 rings (SSSR count). The number of carbonyl (C=O) groups is 2. The minimum Gasteiger partial charge on any atom is -0.325 e. The van der Waals surface area contributed by atoms with Crippen LogP contribution in [0.15, 0.2) is 18.2 Å². The van der Waals surface area contributed by atoms with Gasteiger partial charge in [0.2, 0.25) is 5.91 Å². The number of carbonyl (C=O) groups excluding carboxylic acids is 2. The summed E-state index contributed by atoms with van der Waals surface area (Å²) in [5, 5.41) is 13.0. The first-order valence-electron chi connectivity index (χ1n) is 4.94. The van der Waals surface area contributed by atoms with E-state index in [4.69, 9.17) is 0 Å². The topological polar surface area (TPSA) is 89.3 Å². The summed E-state index contributed by atoms with van der Waals surface area (Å²) in [7, 11) is 0.